The van der Waals surface area contributed by atoms with Gasteiger partial charge in [-0.25, -0.2) is 12.8 Å². The van der Waals surface area contributed by atoms with Crippen LogP contribution in [0.5, 0.6) is 0 Å². The van der Waals surface area contributed by atoms with E-state index in [1.165, 1.54) is 8.87 Å². The van der Waals surface area contributed by atoms with Crippen LogP contribution in [-0.2, 0) is 23.1 Å². The lowest BCUT2D eigenvalue weighted by Gasteiger charge is -2.20. The van der Waals surface area contributed by atoms with Crippen molar-refractivity contribution in [2.75, 3.05) is 12.8 Å². The predicted molar refractivity (Wildman–Crippen MR) is 82.4 cm³/mol. The number of nitrogens with zero attached hydrogens (tertiary/aromatic N) is 2. The number of benzene rings is 1. The molecule has 7 heteroatoms. The lowest BCUT2D eigenvalue weighted by molar-refractivity contribution is 0.386. The van der Waals surface area contributed by atoms with Gasteiger partial charge in [-0.1, -0.05) is 30.3 Å². The molecule has 0 spiro atoms. The minimum atomic E-state index is -3.43. The van der Waals surface area contributed by atoms with Crippen molar-refractivity contribution in [2.45, 2.75) is 13.1 Å². The third-order valence-electron chi connectivity index (χ3n) is 3.21. The molecular weight excluding hydrogens is 307 g/mol. The highest BCUT2D eigenvalue weighted by molar-refractivity contribution is 7.88. The highest BCUT2D eigenvalue weighted by atomic mass is 32.2. The van der Waals surface area contributed by atoms with E-state index in [4.69, 9.17) is 0 Å². The Balaban J connectivity index is 2.14. The van der Waals surface area contributed by atoms with Gasteiger partial charge in [-0.2, -0.15) is 4.31 Å². The summed E-state index contributed by atoms with van der Waals surface area (Å²) in [5, 5.41) is 0. The van der Waals surface area contributed by atoms with E-state index in [0.29, 0.717) is 0 Å². The molecular formula is C15H17FN2O3S. The van der Waals surface area contributed by atoms with Gasteiger partial charge >= 0.3 is 0 Å². The second kappa shape index (κ2) is 6.85. The summed E-state index contributed by atoms with van der Waals surface area (Å²) < 4.78 is 39.3. The highest BCUT2D eigenvalue weighted by Gasteiger charge is 2.17. The highest BCUT2D eigenvalue weighted by Crippen LogP contribution is 2.08. The van der Waals surface area contributed by atoms with Crippen molar-refractivity contribution in [3.05, 3.63) is 70.4 Å². The van der Waals surface area contributed by atoms with Crippen LogP contribution in [0.4, 0.5) is 4.39 Å². The largest absolute Gasteiger partial charge is 0.311 e. The van der Waals surface area contributed by atoms with Crippen molar-refractivity contribution in [1.29, 1.82) is 0 Å². The van der Waals surface area contributed by atoms with Gasteiger partial charge in [0.15, 0.2) is 0 Å². The van der Waals surface area contributed by atoms with Gasteiger partial charge in [-0.05, 0) is 11.6 Å². The molecule has 5 nitrogen and oxygen atoms in total. The van der Waals surface area contributed by atoms with Gasteiger partial charge in [-0.15, -0.1) is 0 Å². The second-order valence-corrected chi connectivity index (χ2v) is 6.94. The van der Waals surface area contributed by atoms with Crippen LogP contribution in [0.3, 0.4) is 0 Å². The molecule has 0 aliphatic rings. The fourth-order valence-electron chi connectivity index (χ4n) is 2.05. The minimum Gasteiger partial charge on any atom is -0.311 e. The maximum atomic E-state index is 13.2. The smallest absolute Gasteiger partial charge is 0.250 e. The van der Waals surface area contributed by atoms with E-state index >= 15 is 0 Å². The van der Waals surface area contributed by atoms with E-state index in [0.717, 1.165) is 30.1 Å². The fraction of sp³-hybridized carbons (Fsp3) is 0.267. The lowest BCUT2D eigenvalue weighted by atomic mass is 10.2. The van der Waals surface area contributed by atoms with Crippen LogP contribution in [0.1, 0.15) is 5.56 Å². The number of aromatic nitrogens is 1. The number of pyridine rings is 1. The van der Waals surface area contributed by atoms with Gasteiger partial charge in [0, 0.05) is 31.9 Å². The maximum Gasteiger partial charge on any atom is 0.250 e. The zero-order valence-corrected chi connectivity index (χ0v) is 13.0. The summed E-state index contributed by atoms with van der Waals surface area (Å²) in [6, 6.07) is 11.4. The van der Waals surface area contributed by atoms with Gasteiger partial charge in [0.2, 0.25) is 10.0 Å². The van der Waals surface area contributed by atoms with Crippen LogP contribution in [0.25, 0.3) is 0 Å². The standard InChI is InChI=1S/C15H17FN2O3S/c1-22(20,21)18(11-13-5-3-2-4-6-13)10-9-17-12-14(16)7-8-15(17)19/h2-8,12H,9-11H2,1H3. The predicted octanol–water partition coefficient (Wildman–Crippen LogP) is 1.45. The third kappa shape index (κ3) is 4.51. The molecule has 0 radical (unpaired) electrons. The summed E-state index contributed by atoms with van der Waals surface area (Å²) in [6.07, 6.45) is 2.19. The molecule has 2 aromatic rings. The molecule has 0 aliphatic heterocycles. The molecule has 118 valence electrons. The molecule has 22 heavy (non-hydrogen) atoms. The van der Waals surface area contributed by atoms with Crippen molar-refractivity contribution >= 4 is 10.0 Å². The molecule has 0 fully saturated rings. The van der Waals surface area contributed by atoms with Gasteiger partial charge in [0.05, 0.1) is 6.26 Å². The maximum absolute atomic E-state index is 13.2. The minimum absolute atomic E-state index is 0.0937. The van der Waals surface area contributed by atoms with Crippen LogP contribution in [0, 0.1) is 5.82 Å². The number of rotatable bonds is 6. The summed E-state index contributed by atoms with van der Waals surface area (Å²) in [5.74, 6) is -0.534. The van der Waals surface area contributed by atoms with E-state index in [2.05, 4.69) is 0 Å². The van der Waals surface area contributed by atoms with Crippen LogP contribution >= 0.6 is 0 Å². The molecule has 1 aromatic carbocycles. The number of hydrogen-bond acceptors (Lipinski definition) is 3. The van der Waals surface area contributed by atoms with Crippen LogP contribution in [-0.4, -0.2) is 30.1 Å². The first-order chi connectivity index (χ1) is 10.4. The zero-order valence-electron chi connectivity index (χ0n) is 12.1. The second-order valence-electron chi connectivity index (χ2n) is 4.96. The molecule has 0 saturated carbocycles. The van der Waals surface area contributed by atoms with Crippen molar-refractivity contribution in [2.24, 2.45) is 0 Å². The van der Waals surface area contributed by atoms with Gasteiger partial charge in [0.25, 0.3) is 5.56 Å². The molecule has 0 aliphatic carbocycles. The molecule has 2 rings (SSSR count). The summed E-state index contributed by atoms with van der Waals surface area (Å²) in [4.78, 5) is 11.6. The molecule has 0 N–H and O–H groups in total. The Morgan fingerprint density at radius 2 is 1.82 bits per heavy atom. The topological polar surface area (TPSA) is 59.4 Å². The summed E-state index contributed by atoms with van der Waals surface area (Å²) in [5.41, 5.74) is 0.481. The SMILES string of the molecule is CS(=O)(=O)N(CCn1cc(F)ccc1=O)Cc1ccccc1. The van der Waals surface area contributed by atoms with Crippen LogP contribution in [0.2, 0.25) is 0 Å². The number of hydrogen-bond donors (Lipinski definition) is 0. The van der Waals surface area contributed by atoms with E-state index in [-0.39, 0.29) is 25.2 Å². The van der Waals surface area contributed by atoms with Crippen molar-refractivity contribution in [3.8, 4) is 0 Å². The first-order valence-electron chi connectivity index (χ1n) is 6.71. The van der Waals surface area contributed by atoms with Crippen molar-refractivity contribution in [1.82, 2.24) is 8.87 Å². The monoisotopic (exact) mass is 324 g/mol. The van der Waals surface area contributed by atoms with Crippen LogP contribution in [0.15, 0.2) is 53.5 Å². The number of sulfonamides is 1. The van der Waals surface area contributed by atoms with Crippen molar-refractivity contribution in [3.63, 3.8) is 0 Å². The fourth-order valence-corrected chi connectivity index (χ4v) is 2.84. The molecule has 0 bridgehead atoms. The molecule has 0 unspecified atom stereocenters. The molecule has 1 heterocycles. The Morgan fingerprint density at radius 3 is 2.45 bits per heavy atom. The Morgan fingerprint density at radius 1 is 1.14 bits per heavy atom. The molecule has 0 amide bonds. The lowest BCUT2D eigenvalue weighted by Crippen LogP contribution is -2.34. The quantitative estimate of drug-likeness (QED) is 0.808. The Labute approximate surface area is 128 Å². The number of halogens is 1. The first kappa shape index (κ1) is 16.4. The summed E-state index contributed by atoms with van der Waals surface area (Å²) >= 11 is 0. The van der Waals surface area contributed by atoms with E-state index < -0.39 is 15.8 Å². The van der Waals surface area contributed by atoms with Gasteiger partial charge in [-0.3, -0.25) is 4.79 Å². The van der Waals surface area contributed by atoms with E-state index in [9.17, 15) is 17.6 Å². The zero-order chi connectivity index (χ0) is 16.2. The van der Waals surface area contributed by atoms with Crippen molar-refractivity contribution < 1.29 is 12.8 Å². The molecule has 0 saturated heterocycles. The first-order valence-corrected chi connectivity index (χ1v) is 8.56. The Hall–Kier alpha value is -1.99. The van der Waals surface area contributed by atoms with Crippen LogP contribution < -0.4 is 5.56 Å². The molecule has 1 aromatic heterocycles. The Bertz CT molecular complexity index is 788. The summed E-state index contributed by atoms with van der Waals surface area (Å²) in [7, 11) is -3.43. The third-order valence-corrected chi connectivity index (χ3v) is 4.46. The normalized spacial score (nSPS) is 11.8. The molecule has 0 atom stereocenters. The van der Waals surface area contributed by atoms with Gasteiger partial charge < -0.3 is 4.57 Å². The average molecular weight is 324 g/mol. The average Bonchev–Trinajstić information content (AvgIpc) is 2.46. The summed E-state index contributed by atoms with van der Waals surface area (Å²) in [6.45, 7) is 0.400. The Kier molecular flexibility index (Phi) is 5.10. The van der Waals surface area contributed by atoms with Gasteiger partial charge in [0.1, 0.15) is 5.82 Å². The van der Waals surface area contributed by atoms with E-state index in [1.54, 1.807) is 0 Å². The van der Waals surface area contributed by atoms with E-state index in [1.807, 2.05) is 30.3 Å².